The minimum absolute atomic E-state index is 0.167. The monoisotopic (exact) mass is 517 g/mol. The van der Waals surface area contributed by atoms with Gasteiger partial charge in [0.05, 0.1) is 18.4 Å². The number of rotatable bonds is 13. The molecule has 0 aromatic heterocycles. The first-order valence-electron chi connectivity index (χ1n) is 11.0. The Morgan fingerprint density at radius 2 is 1.56 bits per heavy atom. The molecule has 0 saturated heterocycles. The number of halogens is 5. The van der Waals surface area contributed by atoms with Gasteiger partial charge in [0.2, 0.25) is 0 Å². The maximum Gasteiger partial charge on any atom is 0.416 e. The number of hydrogen-bond acceptors (Lipinski definition) is 4. The number of alkyl halides is 3. The average molecular weight is 518 g/mol. The van der Waals surface area contributed by atoms with Gasteiger partial charge < -0.3 is 14.3 Å². The molecule has 0 unspecified atom stereocenters. The Morgan fingerprint density at radius 1 is 0.941 bits per heavy atom. The third-order valence-electron chi connectivity index (χ3n) is 4.86. The zero-order valence-electron chi connectivity index (χ0n) is 19.1. The Morgan fingerprint density at radius 3 is 2.12 bits per heavy atom. The molecular formula is C25H28Cl2F3NO3. The first-order chi connectivity index (χ1) is 16.2. The van der Waals surface area contributed by atoms with Gasteiger partial charge in [0.15, 0.2) is 0 Å². The molecule has 0 saturated carbocycles. The molecule has 0 fully saturated rings. The van der Waals surface area contributed by atoms with E-state index >= 15 is 0 Å². The van der Waals surface area contributed by atoms with Crippen LogP contribution < -0.4 is 9.47 Å². The highest BCUT2D eigenvalue weighted by Gasteiger charge is 2.29. The largest absolute Gasteiger partial charge is 0.493 e. The first-order valence-corrected chi connectivity index (χ1v) is 11.7. The van der Waals surface area contributed by atoms with Crippen molar-refractivity contribution in [2.24, 2.45) is 5.16 Å². The van der Waals surface area contributed by atoms with Gasteiger partial charge in [0.1, 0.15) is 29.2 Å². The van der Waals surface area contributed by atoms with Crippen LogP contribution in [0.25, 0.3) is 0 Å². The molecule has 0 radical (unpaired) electrons. The smallest absolute Gasteiger partial charge is 0.416 e. The van der Waals surface area contributed by atoms with Crippen LogP contribution in [-0.2, 0) is 23.9 Å². The third kappa shape index (κ3) is 9.47. The average Bonchev–Trinajstić information content (AvgIpc) is 2.80. The predicted molar refractivity (Wildman–Crippen MR) is 130 cm³/mol. The fourth-order valence-corrected chi connectivity index (χ4v) is 3.20. The van der Waals surface area contributed by atoms with Crippen LogP contribution in [0.2, 0.25) is 0 Å². The fourth-order valence-electron chi connectivity index (χ4n) is 3.07. The molecule has 0 atom stereocenters. The maximum absolute atomic E-state index is 12.6. The summed E-state index contributed by atoms with van der Waals surface area (Å²) in [6, 6.07) is 8.64. The van der Waals surface area contributed by atoms with Crippen LogP contribution in [-0.4, -0.2) is 26.0 Å². The van der Waals surface area contributed by atoms with E-state index in [2.05, 4.69) is 19.0 Å². The molecule has 4 nitrogen and oxygen atoms in total. The van der Waals surface area contributed by atoms with Crippen molar-refractivity contribution in [2.75, 3.05) is 19.8 Å². The van der Waals surface area contributed by atoms with Crippen LogP contribution in [0, 0.1) is 0 Å². The summed E-state index contributed by atoms with van der Waals surface area (Å²) in [5.41, 5.74) is 1.96. The van der Waals surface area contributed by atoms with Crippen molar-refractivity contribution >= 4 is 29.4 Å². The summed E-state index contributed by atoms with van der Waals surface area (Å²) >= 11 is 11.2. The summed E-state index contributed by atoms with van der Waals surface area (Å²) in [7, 11) is 0. The van der Waals surface area contributed by atoms with Gasteiger partial charge in [-0.15, -0.1) is 0 Å². The van der Waals surface area contributed by atoms with Crippen molar-refractivity contribution in [3.63, 3.8) is 0 Å². The molecule has 2 aromatic carbocycles. The van der Waals surface area contributed by atoms with E-state index in [0.29, 0.717) is 18.8 Å². The van der Waals surface area contributed by atoms with Crippen molar-refractivity contribution in [1.82, 2.24) is 0 Å². The molecule has 0 heterocycles. The van der Waals surface area contributed by atoms with Gasteiger partial charge in [-0.1, -0.05) is 54.3 Å². The highest BCUT2D eigenvalue weighted by molar-refractivity contribution is 6.55. The van der Waals surface area contributed by atoms with Crippen LogP contribution in [0.3, 0.4) is 0 Å². The van der Waals surface area contributed by atoms with E-state index in [1.807, 2.05) is 12.1 Å². The molecule has 0 bridgehead atoms. The zero-order chi connectivity index (χ0) is 25.0. The van der Waals surface area contributed by atoms with Gasteiger partial charge in [-0.25, -0.2) is 0 Å². The van der Waals surface area contributed by atoms with Crippen molar-refractivity contribution < 1.29 is 27.5 Å². The van der Waals surface area contributed by atoms with Crippen molar-refractivity contribution in [3.05, 3.63) is 69.2 Å². The minimum Gasteiger partial charge on any atom is -0.493 e. The minimum atomic E-state index is -4.35. The quantitative estimate of drug-likeness (QED) is 0.155. The third-order valence-corrected chi connectivity index (χ3v) is 5.17. The molecular weight excluding hydrogens is 490 g/mol. The lowest BCUT2D eigenvalue weighted by Crippen LogP contribution is -2.05. The van der Waals surface area contributed by atoms with Crippen LogP contribution in [0.4, 0.5) is 13.2 Å². The van der Waals surface area contributed by atoms with Gasteiger partial charge in [-0.2, -0.15) is 13.2 Å². The molecule has 34 heavy (non-hydrogen) atoms. The second-order valence-electron chi connectivity index (χ2n) is 7.33. The van der Waals surface area contributed by atoms with E-state index < -0.39 is 11.7 Å². The Balaban J connectivity index is 1.77. The molecule has 0 N–H and O–H groups in total. The van der Waals surface area contributed by atoms with Crippen LogP contribution >= 0.6 is 23.2 Å². The summed E-state index contributed by atoms with van der Waals surface area (Å²) in [6.07, 6.45) is 1.70. The molecule has 2 rings (SSSR count). The summed E-state index contributed by atoms with van der Waals surface area (Å²) in [4.78, 5) is 5.20. The molecule has 2 aromatic rings. The van der Waals surface area contributed by atoms with Crippen molar-refractivity contribution in [1.29, 1.82) is 0 Å². The summed E-state index contributed by atoms with van der Waals surface area (Å²) in [5, 5.41) is 3.81. The first kappa shape index (κ1) is 27.9. The number of nitrogens with zero attached hydrogens (tertiary/aromatic N) is 1. The Hall–Kier alpha value is -2.38. The number of hydrogen-bond donors (Lipinski definition) is 0. The topological polar surface area (TPSA) is 40.0 Å². The second kappa shape index (κ2) is 14.1. The van der Waals surface area contributed by atoms with Gasteiger partial charge in [0, 0.05) is 0 Å². The Kier molecular flexibility index (Phi) is 11.6. The summed E-state index contributed by atoms with van der Waals surface area (Å²) in [6.45, 7) is 5.31. The summed E-state index contributed by atoms with van der Waals surface area (Å²) < 4.78 is 49.7. The molecule has 0 aliphatic heterocycles. The second-order valence-corrected chi connectivity index (χ2v) is 8.33. The number of oxime groups is 1. The highest BCUT2D eigenvalue weighted by Crippen LogP contribution is 2.31. The summed E-state index contributed by atoms with van der Waals surface area (Å²) in [5.74, 6) is 1.62. The number of benzene rings is 2. The zero-order valence-corrected chi connectivity index (χ0v) is 20.6. The predicted octanol–water partition coefficient (Wildman–Crippen LogP) is 7.74. The van der Waals surface area contributed by atoms with E-state index in [9.17, 15) is 13.2 Å². The SMILES string of the molecule is CCc1cc(OCC=C(Cl)Cl)cc(CC)c1OCCCCON=Cc1ccc(C(F)(F)F)cc1. The van der Waals surface area contributed by atoms with Crippen molar-refractivity contribution in [3.8, 4) is 11.5 Å². The van der Waals surface area contributed by atoms with E-state index in [1.54, 1.807) is 6.08 Å². The van der Waals surface area contributed by atoms with E-state index in [0.717, 1.165) is 60.4 Å². The molecule has 186 valence electrons. The maximum atomic E-state index is 12.6. The number of ether oxygens (including phenoxy) is 2. The molecule has 0 aliphatic carbocycles. The Bertz CT molecular complexity index is 932. The van der Waals surface area contributed by atoms with Gasteiger partial charge in [-0.3, -0.25) is 0 Å². The van der Waals surface area contributed by atoms with E-state index in [-0.39, 0.29) is 11.1 Å². The van der Waals surface area contributed by atoms with Crippen LogP contribution in [0.5, 0.6) is 11.5 Å². The van der Waals surface area contributed by atoms with Crippen molar-refractivity contribution in [2.45, 2.75) is 45.7 Å². The van der Waals surface area contributed by atoms with Crippen LogP contribution in [0.15, 0.2) is 52.1 Å². The lowest BCUT2D eigenvalue weighted by Gasteiger charge is -2.17. The lowest BCUT2D eigenvalue weighted by molar-refractivity contribution is -0.137. The molecule has 0 aliphatic rings. The van der Waals surface area contributed by atoms with Crippen LogP contribution in [0.1, 0.15) is 48.9 Å². The fraction of sp³-hybridized carbons (Fsp3) is 0.400. The molecule has 0 amide bonds. The van der Waals surface area contributed by atoms with E-state index in [4.69, 9.17) is 37.5 Å². The molecule has 9 heteroatoms. The van der Waals surface area contributed by atoms with Gasteiger partial charge in [-0.05, 0) is 72.7 Å². The normalized spacial score (nSPS) is 11.5. The van der Waals surface area contributed by atoms with Gasteiger partial charge >= 0.3 is 6.18 Å². The number of unbranched alkanes of at least 4 members (excludes halogenated alkanes) is 1. The Labute approximate surface area is 208 Å². The number of aryl methyl sites for hydroxylation is 2. The lowest BCUT2D eigenvalue weighted by atomic mass is 10.0. The van der Waals surface area contributed by atoms with E-state index in [1.165, 1.54) is 18.3 Å². The molecule has 0 spiro atoms. The van der Waals surface area contributed by atoms with Gasteiger partial charge in [0.25, 0.3) is 0 Å². The standard InChI is InChI=1S/C25H28Cl2F3NO3/c1-3-19-15-22(32-14-11-23(26)27)16-20(4-2)24(19)33-12-5-6-13-34-31-17-18-7-9-21(10-8-18)25(28,29)30/h7-11,15-17H,3-6,12-14H2,1-2H3. The highest BCUT2D eigenvalue weighted by atomic mass is 35.5.